The molecule has 2 aromatic rings. The van der Waals surface area contributed by atoms with Crippen LogP contribution in [0.4, 0.5) is 0 Å². The zero-order chi connectivity index (χ0) is 19.2. The maximum absolute atomic E-state index is 12.9. The third-order valence-corrected chi connectivity index (χ3v) is 6.33. The molecule has 1 N–H and O–H groups in total. The van der Waals surface area contributed by atoms with E-state index in [-0.39, 0.29) is 17.5 Å². The largest absolute Gasteiger partial charge is 0.352 e. The van der Waals surface area contributed by atoms with Gasteiger partial charge in [-0.2, -0.15) is 0 Å². The van der Waals surface area contributed by atoms with Gasteiger partial charge in [0.05, 0.1) is 16.7 Å². The number of carbonyl (C=O) groups is 1. The van der Waals surface area contributed by atoms with Crippen molar-refractivity contribution in [3.63, 3.8) is 0 Å². The number of aromatic nitrogens is 2. The average Bonchev–Trinajstić information content (AvgIpc) is 2.68. The van der Waals surface area contributed by atoms with Crippen molar-refractivity contribution < 1.29 is 4.79 Å². The standard InChI is InChI=1S/C21H29N3O2S/c1-3-4-13-24-20(26)16-10-6-8-12-18(16)23-21(24)27-14-19(25)22-17-11-7-5-9-15(17)2/h6,8,10,12,15,17H,3-5,7,9,11,13-14H2,1-2H3,(H,22,25)/t15-,17+/m0/s1. The first-order chi connectivity index (χ1) is 13.1. The van der Waals surface area contributed by atoms with Crippen LogP contribution in [0.25, 0.3) is 10.9 Å². The van der Waals surface area contributed by atoms with Gasteiger partial charge in [0, 0.05) is 12.6 Å². The number of hydrogen-bond acceptors (Lipinski definition) is 4. The summed E-state index contributed by atoms with van der Waals surface area (Å²) in [5.41, 5.74) is 0.678. The average molecular weight is 388 g/mol. The lowest BCUT2D eigenvalue weighted by molar-refractivity contribution is -0.119. The number of nitrogens with zero attached hydrogens (tertiary/aromatic N) is 2. The van der Waals surface area contributed by atoms with Crippen LogP contribution < -0.4 is 10.9 Å². The summed E-state index contributed by atoms with van der Waals surface area (Å²) in [5, 5.41) is 4.45. The molecular weight excluding hydrogens is 358 g/mol. The van der Waals surface area contributed by atoms with Crippen LogP contribution in [-0.4, -0.2) is 27.3 Å². The van der Waals surface area contributed by atoms with Crippen molar-refractivity contribution in [3.8, 4) is 0 Å². The van der Waals surface area contributed by atoms with E-state index in [9.17, 15) is 9.59 Å². The Balaban J connectivity index is 1.74. The van der Waals surface area contributed by atoms with Crippen LogP contribution in [0.1, 0.15) is 52.4 Å². The summed E-state index contributed by atoms with van der Waals surface area (Å²) in [6.07, 6.45) is 6.61. The molecule has 0 unspecified atom stereocenters. The van der Waals surface area contributed by atoms with Crippen molar-refractivity contribution in [1.82, 2.24) is 14.9 Å². The van der Waals surface area contributed by atoms with Gasteiger partial charge in [-0.05, 0) is 37.3 Å². The normalized spacial score (nSPS) is 19.9. The van der Waals surface area contributed by atoms with E-state index in [2.05, 4.69) is 24.1 Å². The third-order valence-electron chi connectivity index (χ3n) is 5.35. The molecule has 1 aromatic carbocycles. The number of carbonyl (C=O) groups excluding carboxylic acids is 1. The van der Waals surface area contributed by atoms with Gasteiger partial charge < -0.3 is 5.32 Å². The highest BCUT2D eigenvalue weighted by Crippen LogP contribution is 2.24. The fraction of sp³-hybridized carbons (Fsp3) is 0.571. The Labute approximate surface area is 164 Å². The van der Waals surface area contributed by atoms with Gasteiger partial charge in [0.25, 0.3) is 5.56 Å². The highest BCUT2D eigenvalue weighted by molar-refractivity contribution is 7.99. The molecule has 1 aliphatic carbocycles. The smallest absolute Gasteiger partial charge is 0.262 e. The molecule has 1 aliphatic rings. The first-order valence-corrected chi connectivity index (χ1v) is 11.0. The first-order valence-electron chi connectivity index (χ1n) is 10.0. The molecule has 0 radical (unpaired) electrons. The minimum atomic E-state index is -0.0159. The molecule has 27 heavy (non-hydrogen) atoms. The summed E-state index contributed by atoms with van der Waals surface area (Å²) >= 11 is 1.36. The molecule has 1 heterocycles. The molecule has 0 saturated heterocycles. The second-order valence-electron chi connectivity index (χ2n) is 7.45. The van der Waals surface area contributed by atoms with Crippen molar-refractivity contribution in [2.24, 2.45) is 5.92 Å². The minimum Gasteiger partial charge on any atom is -0.352 e. The van der Waals surface area contributed by atoms with Crippen molar-refractivity contribution in [3.05, 3.63) is 34.6 Å². The van der Waals surface area contributed by atoms with E-state index >= 15 is 0 Å². The van der Waals surface area contributed by atoms with Gasteiger partial charge in [0.2, 0.25) is 5.91 Å². The van der Waals surface area contributed by atoms with Crippen molar-refractivity contribution in [2.75, 3.05) is 5.75 Å². The second kappa shape index (κ2) is 9.40. The third kappa shape index (κ3) is 4.92. The number of unbranched alkanes of at least 4 members (excludes halogenated alkanes) is 1. The van der Waals surface area contributed by atoms with Crippen LogP contribution in [-0.2, 0) is 11.3 Å². The molecule has 1 saturated carbocycles. The van der Waals surface area contributed by atoms with Gasteiger partial charge in [-0.3, -0.25) is 14.2 Å². The fourth-order valence-corrected chi connectivity index (χ4v) is 4.52. The van der Waals surface area contributed by atoms with Crippen molar-refractivity contribution in [2.45, 2.75) is 70.1 Å². The number of nitrogens with one attached hydrogen (secondary N) is 1. The zero-order valence-corrected chi connectivity index (χ0v) is 17.1. The maximum Gasteiger partial charge on any atom is 0.262 e. The van der Waals surface area contributed by atoms with E-state index in [4.69, 9.17) is 0 Å². The van der Waals surface area contributed by atoms with Crippen molar-refractivity contribution in [1.29, 1.82) is 0 Å². The molecule has 1 amide bonds. The minimum absolute atomic E-state index is 0.0159. The lowest BCUT2D eigenvalue weighted by atomic mass is 9.86. The van der Waals surface area contributed by atoms with Crippen LogP contribution in [0.5, 0.6) is 0 Å². The molecule has 5 nitrogen and oxygen atoms in total. The van der Waals surface area contributed by atoms with Gasteiger partial charge in [-0.15, -0.1) is 0 Å². The topological polar surface area (TPSA) is 64.0 Å². The lowest BCUT2D eigenvalue weighted by Gasteiger charge is -2.29. The Kier molecular flexibility index (Phi) is 6.94. The summed E-state index contributed by atoms with van der Waals surface area (Å²) in [4.78, 5) is 30.0. The molecule has 0 aliphatic heterocycles. The molecule has 146 valence electrons. The Morgan fingerprint density at radius 1 is 1.30 bits per heavy atom. The molecule has 0 spiro atoms. The van der Waals surface area contributed by atoms with Crippen LogP contribution in [0.2, 0.25) is 0 Å². The van der Waals surface area contributed by atoms with E-state index < -0.39 is 0 Å². The lowest BCUT2D eigenvalue weighted by Crippen LogP contribution is -2.42. The predicted molar refractivity (Wildman–Crippen MR) is 111 cm³/mol. The molecule has 6 heteroatoms. The van der Waals surface area contributed by atoms with Gasteiger partial charge in [-0.1, -0.05) is 57.0 Å². The highest BCUT2D eigenvalue weighted by atomic mass is 32.2. The molecule has 0 bridgehead atoms. The molecule has 1 aromatic heterocycles. The summed E-state index contributed by atoms with van der Waals surface area (Å²) in [6.45, 7) is 4.95. The summed E-state index contributed by atoms with van der Waals surface area (Å²) in [5.74, 6) is 0.859. The summed E-state index contributed by atoms with van der Waals surface area (Å²) in [6, 6.07) is 7.70. The predicted octanol–water partition coefficient (Wildman–Crippen LogP) is 3.98. The van der Waals surface area contributed by atoms with E-state index in [1.807, 2.05) is 24.3 Å². The summed E-state index contributed by atoms with van der Waals surface area (Å²) in [7, 11) is 0. The maximum atomic E-state index is 12.9. The van der Waals surface area contributed by atoms with Gasteiger partial charge in [0.1, 0.15) is 0 Å². The van der Waals surface area contributed by atoms with Gasteiger partial charge in [-0.25, -0.2) is 4.98 Å². The number of thioether (sulfide) groups is 1. The molecule has 2 atom stereocenters. The SMILES string of the molecule is CCCCn1c(SCC(=O)N[C@@H]2CCCC[C@@H]2C)nc2ccccc2c1=O. The van der Waals surface area contributed by atoms with E-state index in [0.717, 1.165) is 19.3 Å². The number of rotatable bonds is 7. The van der Waals surface area contributed by atoms with Gasteiger partial charge >= 0.3 is 0 Å². The van der Waals surface area contributed by atoms with Crippen LogP contribution in [0, 0.1) is 5.92 Å². The van der Waals surface area contributed by atoms with Crippen LogP contribution >= 0.6 is 11.8 Å². The first kappa shape index (κ1) is 19.9. The molecule has 3 rings (SSSR count). The summed E-state index contributed by atoms with van der Waals surface area (Å²) < 4.78 is 1.73. The van der Waals surface area contributed by atoms with E-state index in [1.54, 1.807) is 4.57 Å². The Morgan fingerprint density at radius 3 is 2.85 bits per heavy atom. The van der Waals surface area contributed by atoms with Crippen molar-refractivity contribution >= 4 is 28.6 Å². The second-order valence-corrected chi connectivity index (χ2v) is 8.39. The number of fused-ring (bicyclic) bond motifs is 1. The Bertz CT molecular complexity index is 849. The van der Waals surface area contributed by atoms with Crippen LogP contribution in [0.3, 0.4) is 0 Å². The van der Waals surface area contributed by atoms with E-state index in [1.165, 1.54) is 31.0 Å². The quantitative estimate of drug-likeness (QED) is 0.576. The number of para-hydroxylation sites is 1. The number of benzene rings is 1. The molecular formula is C21H29N3O2S. The zero-order valence-electron chi connectivity index (χ0n) is 16.2. The Morgan fingerprint density at radius 2 is 2.07 bits per heavy atom. The fourth-order valence-electron chi connectivity index (χ4n) is 3.68. The molecule has 1 fully saturated rings. The highest BCUT2D eigenvalue weighted by Gasteiger charge is 2.23. The Hall–Kier alpha value is -1.82. The van der Waals surface area contributed by atoms with Crippen LogP contribution in [0.15, 0.2) is 34.2 Å². The number of hydrogen-bond donors (Lipinski definition) is 1. The monoisotopic (exact) mass is 387 g/mol. The number of amides is 1. The van der Waals surface area contributed by atoms with E-state index in [0.29, 0.717) is 34.3 Å². The van der Waals surface area contributed by atoms with Gasteiger partial charge in [0.15, 0.2) is 5.16 Å².